The predicted molar refractivity (Wildman–Crippen MR) is 202 cm³/mol. The van der Waals surface area contributed by atoms with E-state index in [2.05, 4.69) is 186 Å². The van der Waals surface area contributed by atoms with Crippen LogP contribution in [0, 0.1) is 26.8 Å². The fourth-order valence-corrected chi connectivity index (χ4v) is 7.25. The minimum atomic E-state index is 0. The summed E-state index contributed by atoms with van der Waals surface area (Å²) in [5.74, 6) is 0. The van der Waals surface area contributed by atoms with Crippen LogP contribution >= 0.6 is 0 Å². The number of halogens is 2. The van der Waals surface area contributed by atoms with Crippen LogP contribution in [0.5, 0.6) is 0 Å². The average molecular weight is 769 g/mol. The van der Waals surface area contributed by atoms with Gasteiger partial charge in [0.05, 0.1) is 0 Å². The Labute approximate surface area is 325 Å². The third-order valence-electron chi connectivity index (χ3n) is 8.98. The van der Waals surface area contributed by atoms with Gasteiger partial charge in [0, 0.05) is 0 Å². The third-order valence-corrected chi connectivity index (χ3v) is 10.4. The molecule has 0 saturated carbocycles. The topological polar surface area (TPSA) is 0 Å². The van der Waals surface area contributed by atoms with Gasteiger partial charge in [0.2, 0.25) is 0 Å². The molecule has 258 valence electrons. The molecule has 0 nitrogen and oxygen atoms in total. The maximum atomic E-state index is 3.69. The van der Waals surface area contributed by atoms with Crippen molar-refractivity contribution in [3.8, 4) is 11.1 Å². The molecule has 0 heterocycles. The summed E-state index contributed by atoms with van der Waals surface area (Å²) in [6.07, 6.45) is 1.03. The van der Waals surface area contributed by atoms with Gasteiger partial charge in [-0.25, -0.2) is 6.07 Å². The van der Waals surface area contributed by atoms with Gasteiger partial charge in [-0.3, -0.25) is 0 Å². The summed E-state index contributed by atoms with van der Waals surface area (Å²) >= 11 is 1.46. The molecule has 0 fully saturated rings. The number of rotatable bonds is 2. The Hall–Kier alpha value is -2.44. The Kier molecular flexibility index (Phi) is 15.0. The molecule has 0 N–H and O–H groups in total. The van der Waals surface area contributed by atoms with Gasteiger partial charge >= 0.3 is 99.2 Å². The zero-order chi connectivity index (χ0) is 34.7. The summed E-state index contributed by atoms with van der Waals surface area (Å²) in [6, 6.07) is 38.7. The molecular weight excluding hydrogens is 715 g/mol. The molecule has 5 aromatic carbocycles. The van der Waals surface area contributed by atoms with Gasteiger partial charge in [0.15, 0.2) is 0 Å². The SMILES string of the molecule is Cc1[c-]c2c(cc1C(C)(C)C)-c1cc(C(C)(C)C)c(C)cc1C2.Cc1cc(C(C)(C)C)c[cH-]1.[Cl-].[Cl-].[Zr+2]=[C](c1ccccc1)c1ccccc1. The molecule has 49 heavy (non-hydrogen) atoms. The van der Waals surface area contributed by atoms with E-state index in [0.717, 1.165) is 6.42 Å². The van der Waals surface area contributed by atoms with E-state index in [1.54, 1.807) is 0 Å². The van der Waals surface area contributed by atoms with Gasteiger partial charge < -0.3 is 24.8 Å². The maximum absolute atomic E-state index is 3.69. The minimum absolute atomic E-state index is 0. The van der Waals surface area contributed by atoms with E-state index in [-0.39, 0.29) is 35.6 Å². The second kappa shape index (κ2) is 17.2. The summed E-state index contributed by atoms with van der Waals surface area (Å²) in [6.45, 7) is 27.1. The normalized spacial score (nSPS) is 11.8. The number of hydrogen-bond donors (Lipinski definition) is 0. The van der Waals surface area contributed by atoms with Crippen molar-refractivity contribution < 1.29 is 49.0 Å². The summed E-state index contributed by atoms with van der Waals surface area (Å²) in [4.78, 5) is 0. The second-order valence-corrected chi connectivity index (χ2v) is 17.5. The molecule has 0 bridgehead atoms. The van der Waals surface area contributed by atoms with E-state index in [1.807, 2.05) is 0 Å². The molecule has 0 saturated heterocycles. The Morgan fingerprint density at radius 2 is 1.12 bits per heavy atom. The van der Waals surface area contributed by atoms with Crippen LogP contribution in [0.2, 0.25) is 0 Å². The van der Waals surface area contributed by atoms with Gasteiger partial charge in [0.25, 0.3) is 0 Å². The monoisotopic (exact) mass is 766 g/mol. The van der Waals surface area contributed by atoms with Crippen LogP contribution in [0.25, 0.3) is 11.1 Å². The number of hydrogen-bond acceptors (Lipinski definition) is 0. The van der Waals surface area contributed by atoms with E-state index in [4.69, 9.17) is 0 Å². The van der Waals surface area contributed by atoms with E-state index in [9.17, 15) is 0 Å². The molecule has 0 aromatic heterocycles. The van der Waals surface area contributed by atoms with Gasteiger partial charge in [-0.05, 0) is 35.4 Å². The summed E-state index contributed by atoms with van der Waals surface area (Å²) in [5.41, 5.74) is 17.4. The Morgan fingerprint density at radius 3 is 1.53 bits per heavy atom. The Morgan fingerprint density at radius 1 is 0.633 bits per heavy atom. The molecule has 0 radical (unpaired) electrons. The molecule has 5 aromatic rings. The van der Waals surface area contributed by atoms with Crippen molar-refractivity contribution in [2.75, 3.05) is 0 Å². The number of benzene rings is 4. The van der Waals surface area contributed by atoms with E-state index in [1.165, 1.54) is 94.2 Å². The predicted octanol–water partition coefficient (Wildman–Crippen LogP) is 6.09. The van der Waals surface area contributed by atoms with E-state index < -0.39 is 0 Å². The van der Waals surface area contributed by atoms with Crippen molar-refractivity contribution in [3.05, 3.63) is 159 Å². The Bertz CT molecular complexity index is 1710. The fourth-order valence-electron chi connectivity index (χ4n) is 6.43. The molecule has 1 aliphatic rings. The molecular formula is C46H54Cl2Zr-2. The van der Waals surface area contributed by atoms with Crippen molar-refractivity contribution >= 4 is 3.21 Å². The van der Waals surface area contributed by atoms with Gasteiger partial charge in [-0.2, -0.15) is 41.0 Å². The van der Waals surface area contributed by atoms with Gasteiger partial charge in [-0.1, -0.05) is 105 Å². The van der Waals surface area contributed by atoms with Crippen LogP contribution in [0.3, 0.4) is 0 Å². The van der Waals surface area contributed by atoms with Crippen molar-refractivity contribution in [2.45, 2.75) is 106 Å². The van der Waals surface area contributed by atoms with Gasteiger partial charge in [0.1, 0.15) is 0 Å². The van der Waals surface area contributed by atoms with Crippen LogP contribution < -0.4 is 24.8 Å². The van der Waals surface area contributed by atoms with Crippen LogP contribution in [0.4, 0.5) is 0 Å². The first kappa shape index (κ1) is 42.7. The number of fused-ring (bicyclic) bond motifs is 3. The van der Waals surface area contributed by atoms with Crippen LogP contribution in [-0.4, -0.2) is 3.21 Å². The summed E-state index contributed by atoms with van der Waals surface area (Å²) in [5, 5.41) is 0. The van der Waals surface area contributed by atoms with Crippen molar-refractivity contribution in [1.29, 1.82) is 0 Å². The van der Waals surface area contributed by atoms with Crippen molar-refractivity contribution in [2.24, 2.45) is 0 Å². The number of aryl methyl sites for hydroxylation is 3. The third kappa shape index (κ3) is 11.0. The standard InChI is InChI=1S/C23H29.C13H10.C10H15.2ClH.Zr/c1-14-9-16-11-17-10-15(2)21(23(6,7)8)13-19(17)18(16)12-20(14)22(3,4)5;1-3-7-12(8-4-1)11-13-9-5-2-6-10-13;1-8-5-6-9(7-8)10(2,3)4;;;/h9,12-13H,11H2,1-8H3;1-10H;5-7H,1-4H3;2*1H;/q-1;;-1;;;+2/p-2. The van der Waals surface area contributed by atoms with Crippen molar-refractivity contribution in [1.82, 2.24) is 0 Å². The first-order valence-electron chi connectivity index (χ1n) is 17.0. The quantitative estimate of drug-likeness (QED) is 0.187. The molecule has 3 heteroatoms. The van der Waals surface area contributed by atoms with Crippen LogP contribution in [0.15, 0.2) is 97.1 Å². The first-order valence-corrected chi connectivity index (χ1v) is 18.2. The zero-order valence-electron chi connectivity index (χ0n) is 31.7. The summed E-state index contributed by atoms with van der Waals surface area (Å²) in [7, 11) is 0. The fraction of sp³-hybridized carbons (Fsp3) is 0.348. The van der Waals surface area contributed by atoms with Crippen molar-refractivity contribution in [3.63, 3.8) is 0 Å². The molecule has 1 aliphatic carbocycles. The van der Waals surface area contributed by atoms with Gasteiger partial charge in [-0.15, -0.1) is 16.7 Å². The molecule has 0 amide bonds. The summed E-state index contributed by atoms with van der Waals surface area (Å²) < 4.78 is 1.42. The molecule has 6 rings (SSSR count). The zero-order valence-corrected chi connectivity index (χ0v) is 35.7. The second-order valence-electron chi connectivity index (χ2n) is 16.2. The molecule has 0 unspecified atom stereocenters. The Balaban J connectivity index is 0.000000274. The molecule has 0 atom stereocenters. The van der Waals surface area contributed by atoms with Crippen LogP contribution in [0.1, 0.15) is 118 Å². The average Bonchev–Trinajstić information content (AvgIpc) is 3.59. The molecule has 0 spiro atoms. The van der Waals surface area contributed by atoms with E-state index in [0.29, 0.717) is 5.41 Å². The van der Waals surface area contributed by atoms with Crippen LogP contribution in [-0.2, 0) is 46.9 Å². The molecule has 0 aliphatic heterocycles. The van der Waals surface area contributed by atoms with E-state index >= 15 is 0 Å². The first-order chi connectivity index (χ1) is 21.9.